The minimum absolute atomic E-state index is 0.0696. The molecule has 0 aliphatic rings. The van der Waals surface area contributed by atoms with E-state index < -0.39 is 0 Å². The van der Waals surface area contributed by atoms with E-state index in [2.05, 4.69) is 4.98 Å². The molecule has 0 bridgehead atoms. The van der Waals surface area contributed by atoms with E-state index in [1.165, 1.54) is 0 Å². The summed E-state index contributed by atoms with van der Waals surface area (Å²) < 4.78 is 11.3. The second kappa shape index (κ2) is 7.50. The second-order valence-electron chi connectivity index (χ2n) is 4.26. The van der Waals surface area contributed by atoms with Gasteiger partial charge in [0.25, 0.3) is 0 Å². The summed E-state index contributed by atoms with van der Waals surface area (Å²) in [7, 11) is 0. The van der Waals surface area contributed by atoms with E-state index in [0.29, 0.717) is 31.1 Å². The molecule has 0 amide bonds. The van der Waals surface area contributed by atoms with Gasteiger partial charge in [0.1, 0.15) is 0 Å². The molecule has 4 nitrogen and oxygen atoms in total. The lowest BCUT2D eigenvalue weighted by Gasteiger charge is -2.14. The summed E-state index contributed by atoms with van der Waals surface area (Å²) in [5.41, 5.74) is 1.71. The van der Waals surface area contributed by atoms with Crippen LogP contribution in [-0.2, 0) is 13.0 Å². The van der Waals surface area contributed by atoms with Gasteiger partial charge in [-0.3, -0.25) is 4.98 Å². The maximum atomic E-state index is 9.38. The smallest absolute Gasteiger partial charge is 0.166 e. The Bertz CT molecular complexity index is 529. The van der Waals surface area contributed by atoms with E-state index in [1.807, 2.05) is 43.3 Å². The first-order chi connectivity index (χ1) is 9.85. The normalized spacial score (nSPS) is 10.3. The Hall–Kier alpha value is -2.07. The van der Waals surface area contributed by atoms with E-state index in [1.54, 1.807) is 6.20 Å². The first-order valence-corrected chi connectivity index (χ1v) is 6.73. The minimum Gasteiger partial charge on any atom is -0.490 e. The highest BCUT2D eigenvalue weighted by Gasteiger charge is 2.10. The van der Waals surface area contributed by atoms with Crippen LogP contribution in [0.2, 0.25) is 0 Å². The summed E-state index contributed by atoms with van der Waals surface area (Å²) >= 11 is 0. The minimum atomic E-state index is -0.0696. The van der Waals surface area contributed by atoms with E-state index in [4.69, 9.17) is 9.47 Å². The second-order valence-corrected chi connectivity index (χ2v) is 4.26. The van der Waals surface area contributed by atoms with Gasteiger partial charge < -0.3 is 14.6 Å². The summed E-state index contributed by atoms with van der Waals surface area (Å²) in [6.07, 6.45) is 2.48. The molecular formula is C16H19NO3. The Morgan fingerprint density at radius 1 is 1.10 bits per heavy atom. The molecule has 0 atom stereocenters. The lowest BCUT2D eigenvalue weighted by atomic mass is 10.2. The van der Waals surface area contributed by atoms with Gasteiger partial charge in [-0.2, -0.15) is 0 Å². The van der Waals surface area contributed by atoms with Crippen molar-refractivity contribution in [2.45, 2.75) is 20.0 Å². The maximum absolute atomic E-state index is 9.38. The predicted molar refractivity (Wildman–Crippen MR) is 77.0 cm³/mol. The molecule has 20 heavy (non-hydrogen) atoms. The van der Waals surface area contributed by atoms with Crippen LogP contribution in [0.5, 0.6) is 11.5 Å². The van der Waals surface area contributed by atoms with Crippen molar-refractivity contribution in [3.8, 4) is 11.5 Å². The SMILES string of the molecule is CCOc1cccc(CO)c1OCCc1ccccn1. The number of aromatic nitrogens is 1. The zero-order valence-electron chi connectivity index (χ0n) is 11.6. The van der Waals surface area contributed by atoms with E-state index >= 15 is 0 Å². The number of hydrogen-bond donors (Lipinski definition) is 1. The molecule has 4 heteroatoms. The third-order valence-corrected chi connectivity index (χ3v) is 2.86. The number of ether oxygens (including phenoxy) is 2. The fourth-order valence-corrected chi connectivity index (χ4v) is 1.92. The van der Waals surface area contributed by atoms with Crippen LogP contribution in [0.3, 0.4) is 0 Å². The Labute approximate surface area is 119 Å². The zero-order valence-corrected chi connectivity index (χ0v) is 11.6. The molecule has 0 saturated carbocycles. The van der Waals surface area contributed by atoms with Gasteiger partial charge in [0.05, 0.1) is 19.8 Å². The van der Waals surface area contributed by atoms with Gasteiger partial charge >= 0.3 is 0 Å². The monoisotopic (exact) mass is 273 g/mol. The Morgan fingerprint density at radius 3 is 2.70 bits per heavy atom. The topological polar surface area (TPSA) is 51.6 Å². The largest absolute Gasteiger partial charge is 0.490 e. The molecule has 2 rings (SSSR count). The molecule has 0 aliphatic heterocycles. The van der Waals surface area contributed by atoms with Crippen LogP contribution in [0.25, 0.3) is 0 Å². The third-order valence-electron chi connectivity index (χ3n) is 2.86. The summed E-state index contributed by atoms with van der Waals surface area (Å²) in [4.78, 5) is 4.25. The number of rotatable bonds is 7. The average Bonchev–Trinajstić information content (AvgIpc) is 2.50. The van der Waals surface area contributed by atoms with E-state index in [0.717, 1.165) is 11.3 Å². The molecule has 2 aromatic rings. The predicted octanol–water partition coefficient (Wildman–Crippen LogP) is 2.59. The molecule has 1 aromatic carbocycles. The van der Waals surface area contributed by atoms with Crippen LogP contribution < -0.4 is 9.47 Å². The third kappa shape index (κ3) is 3.71. The number of benzene rings is 1. The first-order valence-electron chi connectivity index (χ1n) is 6.73. The quantitative estimate of drug-likeness (QED) is 0.842. The molecule has 0 fully saturated rings. The Morgan fingerprint density at radius 2 is 2.00 bits per heavy atom. The van der Waals surface area contributed by atoms with Gasteiger partial charge in [0.15, 0.2) is 11.5 Å². The highest BCUT2D eigenvalue weighted by atomic mass is 16.5. The highest BCUT2D eigenvalue weighted by Crippen LogP contribution is 2.31. The van der Waals surface area contributed by atoms with Crippen LogP contribution in [0.4, 0.5) is 0 Å². The summed E-state index contributed by atoms with van der Waals surface area (Å²) in [6.45, 7) is 2.91. The van der Waals surface area contributed by atoms with Crippen LogP contribution in [-0.4, -0.2) is 23.3 Å². The average molecular weight is 273 g/mol. The van der Waals surface area contributed by atoms with Gasteiger partial charge in [-0.25, -0.2) is 0 Å². The maximum Gasteiger partial charge on any atom is 0.166 e. The number of para-hydroxylation sites is 1. The van der Waals surface area contributed by atoms with Crippen molar-refractivity contribution in [3.05, 3.63) is 53.9 Å². The Kier molecular flexibility index (Phi) is 5.38. The van der Waals surface area contributed by atoms with Crippen molar-refractivity contribution in [1.29, 1.82) is 0 Å². The van der Waals surface area contributed by atoms with Crippen LogP contribution in [0, 0.1) is 0 Å². The summed E-state index contributed by atoms with van der Waals surface area (Å²) in [5.74, 6) is 1.29. The van der Waals surface area contributed by atoms with E-state index in [-0.39, 0.29) is 6.61 Å². The number of nitrogens with zero attached hydrogens (tertiary/aromatic N) is 1. The molecule has 0 radical (unpaired) electrons. The lowest BCUT2D eigenvalue weighted by molar-refractivity contribution is 0.249. The lowest BCUT2D eigenvalue weighted by Crippen LogP contribution is -2.06. The van der Waals surface area contributed by atoms with Gasteiger partial charge in [0, 0.05) is 23.9 Å². The Balaban J connectivity index is 2.04. The van der Waals surface area contributed by atoms with Crippen LogP contribution in [0.15, 0.2) is 42.6 Å². The van der Waals surface area contributed by atoms with Crippen molar-refractivity contribution < 1.29 is 14.6 Å². The molecule has 0 saturated heterocycles. The molecule has 1 N–H and O–H groups in total. The molecule has 0 spiro atoms. The standard InChI is InChI=1S/C16H19NO3/c1-2-19-15-8-5-6-13(12-18)16(15)20-11-9-14-7-3-4-10-17-14/h3-8,10,18H,2,9,11-12H2,1H3. The summed E-state index contributed by atoms with van der Waals surface area (Å²) in [6, 6.07) is 11.3. The fourth-order valence-electron chi connectivity index (χ4n) is 1.92. The first kappa shape index (κ1) is 14.3. The molecule has 1 aromatic heterocycles. The zero-order chi connectivity index (χ0) is 14.2. The van der Waals surface area contributed by atoms with Crippen LogP contribution >= 0.6 is 0 Å². The molecule has 0 unspecified atom stereocenters. The fraction of sp³-hybridized carbons (Fsp3) is 0.312. The molecular weight excluding hydrogens is 254 g/mol. The number of aliphatic hydroxyl groups is 1. The van der Waals surface area contributed by atoms with Crippen molar-refractivity contribution in [1.82, 2.24) is 4.98 Å². The number of pyridine rings is 1. The van der Waals surface area contributed by atoms with Crippen molar-refractivity contribution in [3.63, 3.8) is 0 Å². The molecule has 0 aliphatic carbocycles. The van der Waals surface area contributed by atoms with Crippen molar-refractivity contribution in [2.75, 3.05) is 13.2 Å². The number of hydrogen-bond acceptors (Lipinski definition) is 4. The summed E-state index contributed by atoms with van der Waals surface area (Å²) in [5, 5.41) is 9.38. The number of aliphatic hydroxyl groups excluding tert-OH is 1. The van der Waals surface area contributed by atoms with Gasteiger partial charge in [-0.15, -0.1) is 0 Å². The van der Waals surface area contributed by atoms with E-state index in [9.17, 15) is 5.11 Å². The van der Waals surface area contributed by atoms with Crippen molar-refractivity contribution in [2.24, 2.45) is 0 Å². The van der Waals surface area contributed by atoms with Crippen molar-refractivity contribution >= 4 is 0 Å². The molecule has 106 valence electrons. The van der Waals surface area contributed by atoms with Crippen LogP contribution in [0.1, 0.15) is 18.2 Å². The highest BCUT2D eigenvalue weighted by molar-refractivity contribution is 5.46. The van der Waals surface area contributed by atoms with Gasteiger partial charge in [-0.1, -0.05) is 18.2 Å². The van der Waals surface area contributed by atoms with Gasteiger partial charge in [-0.05, 0) is 25.1 Å². The molecule has 1 heterocycles. The van der Waals surface area contributed by atoms with Gasteiger partial charge in [0.2, 0.25) is 0 Å².